The molecule has 0 saturated carbocycles. The molecule has 1 amide bonds. The molecule has 29 heavy (non-hydrogen) atoms. The lowest BCUT2D eigenvalue weighted by Crippen LogP contribution is -2.60. The van der Waals surface area contributed by atoms with Gasteiger partial charge >= 0.3 is 0 Å². The maximum atomic E-state index is 13.2. The number of nitrogens with zero attached hydrogens (tertiary/aromatic N) is 3. The summed E-state index contributed by atoms with van der Waals surface area (Å²) in [5.74, 6) is 0.698. The van der Waals surface area contributed by atoms with Crippen molar-refractivity contribution < 1.29 is 18.4 Å². The topological polar surface area (TPSA) is 94.2 Å². The molecule has 2 aromatic heterocycles. The highest BCUT2D eigenvalue weighted by Crippen LogP contribution is 2.26. The Morgan fingerprint density at radius 2 is 2.03 bits per heavy atom. The summed E-state index contributed by atoms with van der Waals surface area (Å²) in [7, 11) is 1.72. The van der Waals surface area contributed by atoms with Gasteiger partial charge in [0.15, 0.2) is 0 Å². The van der Waals surface area contributed by atoms with Crippen LogP contribution in [0.3, 0.4) is 0 Å². The monoisotopic (exact) mass is 399 g/mol. The molecule has 0 aliphatic carbocycles. The van der Waals surface area contributed by atoms with E-state index in [1.165, 1.54) is 16.8 Å². The molecule has 1 saturated heterocycles. The lowest BCUT2D eigenvalue weighted by molar-refractivity contribution is -0.0594. The predicted octanol–water partition coefficient (Wildman–Crippen LogP) is 2.65. The zero-order valence-corrected chi connectivity index (χ0v) is 16.5. The average molecular weight is 399 g/mol. The van der Waals surface area contributed by atoms with Crippen LogP contribution in [0.25, 0.3) is 11.3 Å². The van der Waals surface area contributed by atoms with Gasteiger partial charge in [0.2, 0.25) is 0 Å². The molecule has 1 aromatic carbocycles. The summed E-state index contributed by atoms with van der Waals surface area (Å²) in [6.07, 6.45) is 0. The number of ether oxygens (including phenoxy) is 1. The molecule has 0 bridgehead atoms. The van der Waals surface area contributed by atoms with Gasteiger partial charge in [0.1, 0.15) is 28.8 Å². The van der Waals surface area contributed by atoms with Crippen molar-refractivity contribution in [1.82, 2.24) is 20.3 Å². The maximum Gasteiger partial charge on any atom is 0.270 e. The standard InChI is InChI=1S/C20H22FN5O3/c1-12-15(18(25-29-12)13-4-6-14(21)7-5-13)9-22-17-8-16(26(3)24-17)19(27)23-20(2)10-28-11-20/h4-8H,9-11H2,1-3H3,(H,22,24)(H,23,27). The fourth-order valence-electron chi connectivity index (χ4n) is 3.20. The molecule has 2 N–H and O–H groups in total. The minimum absolute atomic E-state index is 0.202. The molecule has 1 aliphatic rings. The number of aromatic nitrogens is 3. The summed E-state index contributed by atoms with van der Waals surface area (Å²) in [4.78, 5) is 12.5. The van der Waals surface area contributed by atoms with Gasteiger partial charge in [-0.1, -0.05) is 5.16 Å². The van der Waals surface area contributed by atoms with Crippen LogP contribution in [0.4, 0.5) is 10.2 Å². The van der Waals surface area contributed by atoms with Gasteiger partial charge < -0.3 is 19.9 Å². The van der Waals surface area contributed by atoms with Crippen molar-refractivity contribution in [3.8, 4) is 11.3 Å². The minimum Gasteiger partial charge on any atom is -0.376 e. The van der Waals surface area contributed by atoms with Crippen molar-refractivity contribution in [3.05, 3.63) is 53.2 Å². The molecular formula is C20H22FN5O3. The molecule has 0 unspecified atom stereocenters. The molecule has 0 radical (unpaired) electrons. The van der Waals surface area contributed by atoms with Crippen LogP contribution in [-0.2, 0) is 18.3 Å². The Kier molecular flexibility index (Phi) is 4.83. The number of halogens is 1. The molecule has 3 heterocycles. The first-order valence-electron chi connectivity index (χ1n) is 9.24. The van der Waals surface area contributed by atoms with E-state index in [0.29, 0.717) is 42.7 Å². The molecular weight excluding hydrogens is 377 g/mol. The highest BCUT2D eigenvalue weighted by atomic mass is 19.1. The fraction of sp³-hybridized carbons (Fsp3) is 0.350. The number of hydrogen-bond acceptors (Lipinski definition) is 6. The van der Waals surface area contributed by atoms with Gasteiger partial charge in [-0.2, -0.15) is 5.10 Å². The van der Waals surface area contributed by atoms with Gasteiger partial charge in [0, 0.05) is 30.8 Å². The van der Waals surface area contributed by atoms with Gasteiger partial charge in [-0.3, -0.25) is 9.48 Å². The van der Waals surface area contributed by atoms with E-state index in [-0.39, 0.29) is 17.3 Å². The van der Waals surface area contributed by atoms with Crippen LogP contribution in [0.1, 0.15) is 28.7 Å². The number of rotatable bonds is 6. The normalized spacial score (nSPS) is 15.0. The first-order chi connectivity index (χ1) is 13.8. The molecule has 3 aromatic rings. The molecule has 152 valence electrons. The van der Waals surface area contributed by atoms with Crippen molar-refractivity contribution in [2.45, 2.75) is 25.9 Å². The highest BCUT2D eigenvalue weighted by Gasteiger charge is 2.35. The summed E-state index contributed by atoms with van der Waals surface area (Å²) in [5.41, 5.74) is 2.35. The number of benzene rings is 1. The Balaban J connectivity index is 1.48. The van der Waals surface area contributed by atoms with Gasteiger partial charge in [-0.15, -0.1) is 0 Å². The highest BCUT2D eigenvalue weighted by molar-refractivity contribution is 5.94. The van der Waals surface area contributed by atoms with Crippen molar-refractivity contribution in [2.75, 3.05) is 18.5 Å². The van der Waals surface area contributed by atoms with Crippen LogP contribution in [0.2, 0.25) is 0 Å². The number of carbonyl (C=O) groups excluding carboxylic acids is 1. The van der Waals surface area contributed by atoms with Crippen molar-refractivity contribution in [1.29, 1.82) is 0 Å². The zero-order chi connectivity index (χ0) is 20.6. The van der Waals surface area contributed by atoms with Gasteiger partial charge in [-0.05, 0) is 38.1 Å². The SMILES string of the molecule is Cc1onc(-c2ccc(F)cc2)c1CNc1cc(C(=O)NC2(C)COC2)n(C)n1. The third-order valence-corrected chi connectivity index (χ3v) is 4.92. The second-order valence-electron chi connectivity index (χ2n) is 7.47. The Hall–Kier alpha value is -3.20. The van der Waals surface area contributed by atoms with E-state index in [2.05, 4.69) is 20.9 Å². The van der Waals surface area contributed by atoms with Crippen LogP contribution in [0, 0.1) is 12.7 Å². The zero-order valence-electron chi connectivity index (χ0n) is 16.5. The van der Waals surface area contributed by atoms with Crippen LogP contribution >= 0.6 is 0 Å². The molecule has 8 nitrogen and oxygen atoms in total. The third kappa shape index (κ3) is 3.86. The van der Waals surface area contributed by atoms with E-state index in [4.69, 9.17) is 9.26 Å². The summed E-state index contributed by atoms with van der Waals surface area (Å²) in [5, 5.41) is 14.6. The summed E-state index contributed by atoms with van der Waals surface area (Å²) < 4.78 is 25.2. The van der Waals surface area contributed by atoms with Crippen LogP contribution in [0.15, 0.2) is 34.9 Å². The molecule has 4 rings (SSSR count). The Labute approximate surface area is 167 Å². The van der Waals surface area contributed by atoms with Crippen LogP contribution < -0.4 is 10.6 Å². The molecule has 9 heteroatoms. The lowest BCUT2D eigenvalue weighted by atomic mass is 10.0. The van der Waals surface area contributed by atoms with Crippen LogP contribution in [0.5, 0.6) is 0 Å². The third-order valence-electron chi connectivity index (χ3n) is 4.92. The van der Waals surface area contributed by atoms with Gasteiger partial charge in [-0.25, -0.2) is 4.39 Å². The number of nitrogens with one attached hydrogen (secondary N) is 2. The summed E-state index contributed by atoms with van der Waals surface area (Å²) >= 11 is 0. The van der Waals surface area contributed by atoms with E-state index in [0.717, 1.165) is 11.1 Å². The van der Waals surface area contributed by atoms with Crippen LogP contribution in [-0.4, -0.2) is 39.6 Å². The number of aryl methyl sites for hydroxylation is 2. The molecule has 0 atom stereocenters. The molecule has 1 aliphatic heterocycles. The molecule has 0 spiro atoms. The number of amides is 1. The number of anilines is 1. The predicted molar refractivity (Wildman–Crippen MR) is 104 cm³/mol. The van der Waals surface area contributed by atoms with Gasteiger partial charge in [0.25, 0.3) is 5.91 Å². The van der Waals surface area contributed by atoms with E-state index in [1.807, 2.05) is 13.8 Å². The van der Waals surface area contributed by atoms with Gasteiger partial charge in [0.05, 0.1) is 18.8 Å². The van der Waals surface area contributed by atoms with E-state index < -0.39 is 0 Å². The fourth-order valence-corrected chi connectivity index (χ4v) is 3.20. The summed E-state index contributed by atoms with van der Waals surface area (Å²) in [6, 6.07) is 7.77. The van der Waals surface area contributed by atoms with E-state index in [1.54, 1.807) is 25.2 Å². The smallest absolute Gasteiger partial charge is 0.270 e. The second kappa shape index (κ2) is 7.32. The maximum absolute atomic E-state index is 13.2. The Bertz CT molecular complexity index is 1040. The lowest BCUT2D eigenvalue weighted by Gasteiger charge is -2.38. The quantitative estimate of drug-likeness (QED) is 0.662. The Morgan fingerprint density at radius 3 is 2.69 bits per heavy atom. The van der Waals surface area contributed by atoms with E-state index >= 15 is 0 Å². The van der Waals surface area contributed by atoms with Crippen molar-refractivity contribution >= 4 is 11.7 Å². The number of hydrogen-bond donors (Lipinski definition) is 2. The first-order valence-corrected chi connectivity index (χ1v) is 9.24. The van der Waals surface area contributed by atoms with E-state index in [9.17, 15) is 9.18 Å². The average Bonchev–Trinajstić information content (AvgIpc) is 3.22. The Morgan fingerprint density at radius 1 is 1.31 bits per heavy atom. The largest absolute Gasteiger partial charge is 0.376 e. The number of carbonyl (C=O) groups is 1. The van der Waals surface area contributed by atoms with Crippen molar-refractivity contribution in [2.24, 2.45) is 7.05 Å². The van der Waals surface area contributed by atoms with Crippen molar-refractivity contribution in [3.63, 3.8) is 0 Å². The molecule has 1 fully saturated rings. The second-order valence-corrected chi connectivity index (χ2v) is 7.47. The minimum atomic E-state index is -0.335. The first kappa shape index (κ1) is 19.1. The summed E-state index contributed by atoms with van der Waals surface area (Å²) in [6.45, 7) is 5.15.